The predicted octanol–water partition coefficient (Wildman–Crippen LogP) is 2.74. The van der Waals surface area contributed by atoms with Crippen LogP contribution in [0.4, 0.5) is 0 Å². The van der Waals surface area contributed by atoms with Crippen LogP contribution >= 0.6 is 0 Å². The monoisotopic (exact) mass is 193 g/mol. The molecule has 2 nitrogen and oxygen atoms in total. The number of rotatable bonds is 2. The van der Waals surface area contributed by atoms with Crippen molar-refractivity contribution in [1.82, 2.24) is 4.98 Å². The summed E-state index contributed by atoms with van der Waals surface area (Å²) in [6, 6.07) is 2.00. The summed E-state index contributed by atoms with van der Waals surface area (Å²) in [5.41, 5.74) is 2.27. The molecule has 1 N–H and O–H groups in total. The maximum absolute atomic E-state index is 9.95. The van der Waals surface area contributed by atoms with Gasteiger partial charge in [-0.05, 0) is 43.9 Å². The van der Waals surface area contributed by atoms with E-state index < -0.39 is 5.60 Å². The van der Waals surface area contributed by atoms with E-state index in [4.69, 9.17) is 0 Å². The van der Waals surface area contributed by atoms with E-state index in [0.717, 1.165) is 16.8 Å². The second kappa shape index (κ2) is 3.70. The molecule has 0 unspecified atom stereocenters. The normalized spacial score (nSPS) is 12.2. The van der Waals surface area contributed by atoms with Crippen molar-refractivity contribution in [3.8, 4) is 0 Å². The summed E-state index contributed by atoms with van der Waals surface area (Å²) in [5.74, 6) is 0.400. The van der Waals surface area contributed by atoms with Gasteiger partial charge >= 0.3 is 0 Å². The fraction of sp³-hybridized carbons (Fsp3) is 0.583. The summed E-state index contributed by atoms with van der Waals surface area (Å²) in [7, 11) is 0. The highest BCUT2D eigenvalue weighted by Crippen LogP contribution is 2.25. The minimum atomic E-state index is -0.781. The van der Waals surface area contributed by atoms with E-state index >= 15 is 0 Å². The highest BCUT2D eigenvalue weighted by Gasteiger charge is 2.19. The lowest BCUT2D eigenvalue weighted by molar-refractivity contribution is 0.0777. The number of aryl methyl sites for hydroxylation is 1. The Balaban J connectivity index is 3.22. The molecule has 1 aromatic rings. The molecule has 0 atom stereocenters. The van der Waals surface area contributed by atoms with Crippen LogP contribution in [0, 0.1) is 6.92 Å². The van der Waals surface area contributed by atoms with Gasteiger partial charge in [0, 0.05) is 11.9 Å². The maximum Gasteiger partial charge on any atom is 0.0844 e. The Kier molecular flexibility index (Phi) is 2.95. The third-order valence-electron chi connectivity index (χ3n) is 2.37. The van der Waals surface area contributed by atoms with Gasteiger partial charge in [-0.25, -0.2) is 0 Å². The van der Waals surface area contributed by atoms with Gasteiger partial charge in [-0.15, -0.1) is 0 Å². The van der Waals surface area contributed by atoms with Gasteiger partial charge in [-0.2, -0.15) is 0 Å². The molecular formula is C12H19NO. The molecule has 0 aliphatic rings. The van der Waals surface area contributed by atoms with Crippen LogP contribution in [-0.4, -0.2) is 10.1 Å². The number of pyridine rings is 1. The fourth-order valence-electron chi connectivity index (χ4n) is 1.51. The fourth-order valence-corrected chi connectivity index (χ4v) is 1.51. The first-order valence-electron chi connectivity index (χ1n) is 5.01. The molecule has 14 heavy (non-hydrogen) atoms. The highest BCUT2D eigenvalue weighted by atomic mass is 16.3. The quantitative estimate of drug-likeness (QED) is 0.783. The molecule has 78 valence electrons. The summed E-state index contributed by atoms with van der Waals surface area (Å²) in [6.07, 6.45) is 1.84. The zero-order chi connectivity index (χ0) is 10.9. The molecule has 0 fully saturated rings. The van der Waals surface area contributed by atoms with Crippen LogP contribution in [0.25, 0.3) is 0 Å². The largest absolute Gasteiger partial charge is 0.386 e. The molecule has 0 saturated carbocycles. The van der Waals surface area contributed by atoms with E-state index in [-0.39, 0.29) is 0 Å². The van der Waals surface area contributed by atoms with Crippen molar-refractivity contribution < 1.29 is 5.11 Å². The van der Waals surface area contributed by atoms with Crippen molar-refractivity contribution >= 4 is 0 Å². The van der Waals surface area contributed by atoms with Crippen LogP contribution in [0.15, 0.2) is 12.3 Å². The number of hydrogen-bond acceptors (Lipinski definition) is 2. The zero-order valence-corrected chi connectivity index (χ0v) is 9.63. The molecule has 0 spiro atoms. The third kappa shape index (κ3) is 2.32. The molecule has 2 heteroatoms. The van der Waals surface area contributed by atoms with Crippen molar-refractivity contribution in [3.05, 3.63) is 29.1 Å². The molecular weight excluding hydrogens is 174 g/mol. The lowest BCUT2D eigenvalue weighted by atomic mass is 9.93. The summed E-state index contributed by atoms with van der Waals surface area (Å²) in [4.78, 5) is 4.34. The van der Waals surface area contributed by atoms with Crippen LogP contribution in [0.1, 0.15) is 50.4 Å². The molecule has 1 rings (SSSR count). The van der Waals surface area contributed by atoms with Crippen LogP contribution in [0.5, 0.6) is 0 Å². The first-order chi connectivity index (χ1) is 6.32. The second-order valence-electron chi connectivity index (χ2n) is 4.64. The van der Waals surface area contributed by atoms with E-state index in [9.17, 15) is 5.11 Å². The number of nitrogens with zero attached hydrogens (tertiary/aromatic N) is 1. The molecule has 1 aromatic heterocycles. The molecule has 0 radical (unpaired) electrons. The minimum Gasteiger partial charge on any atom is -0.386 e. The maximum atomic E-state index is 9.95. The number of aliphatic hydroxyl groups is 1. The molecule has 0 saturated heterocycles. The van der Waals surface area contributed by atoms with Crippen molar-refractivity contribution in [3.63, 3.8) is 0 Å². The van der Waals surface area contributed by atoms with E-state index in [1.165, 1.54) is 0 Å². The molecule has 0 amide bonds. The van der Waals surface area contributed by atoms with Gasteiger partial charge in [0.25, 0.3) is 0 Å². The van der Waals surface area contributed by atoms with Gasteiger partial charge < -0.3 is 5.11 Å². The van der Waals surface area contributed by atoms with E-state index in [0.29, 0.717) is 5.92 Å². The number of aromatic nitrogens is 1. The van der Waals surface area contributed by atoms with Crippen LogP contribution in [0.2, 0.25) is 0 Å². The summed E-state index contributed by atoms with van der Waals surface area (Å²) in [6.45, 7) is 9.79. The van der Waals surface area contributed by atoms with Gasteiger partial charge in [-0.3, -0.25) is 4.98 Å². The third-order valence-corrected chi connectivity index (χ3v) is 2.37. The van der Waals surface area contributed by atoms with Gasteiger partial charge in [-0.1, -0.05) is 13.8 Å². The molecule has 0 bridgehead atoms. The van der Waals surface area contributed by atoms with Crippen LogP contribution < -0.4 is 0 Å². The molecule has 0 aliphatic heterocycles. The minimum absolute atomic E-state index is 0.400. The van der Waals surface area contributed by atoms with Gasteiger partial charge in [0.05, 0.1) is 5.60 Å². The van der Waals surface area contributed by atoms with Crippen LogP contribution in [0.3, 0.4) is 0 Å². The van der Waals surface area contributed by atoms with E-state index in [2.05, 4.69) is 18.8 Å². The summed E-state index contributed by atoms with van der Waals surface area (Å²) >= 11 is 0. The smallest absolute Gasteiger partial charge is 0.0844 e. The van der Waals surface area contributed by atoms with Gasteiger partial charge in [0.1, 0.15) is 0 Å². The summed E-state index contributed by atoms with van der Waals surface area (Å²) < 4.78 is 0. The van der Waals surface area contributed by atoms with Crippen LogP contribution in [-0.2, 0) is 5.60 Å². The lowest BCUT2D eigenvalue weighted by Gasteiger charge is -2.21. The van der Waals surface area contributed by atoms with Crippen molar-refractivity contribution in [2.24, 2.45) is 0 Å². The summed E-state index contributed by atoms with van der Waals surface area (Å²) in [5, 5.41) is 9.95. The first kappa shape index (κ1) is 11.2. The van der Waals surface area contributed by atoms with Crippen molar-refractivity contribution in [2.75, 3.05) is 0 Å². The second-order valence-corrected chi connectivity index (χ2v) is 4.64. The van der Waals surface area contributed by atoms with Crippen molar-refractivity contribution in [2.45, 2.75) is 46.1 Å². The average Bonchev–Trinajstić information content (AvgIpc) is 2.02. The molecule has 0 aliphatic carbocycles. The Morgan fingerprint density at radius 3 is 2.36 bits per heavy atom. The Bertz CT molecular complexity index is 324. The Morgan fingerprint density at radius 2 is 1.93 bits per heavy atom. The number of hydrogen-bond donors (Lipinski definition) is 1. The Hall–Kier alpha value is -0.890. The molecule has 1 heterocycles. The van der Waals surface area contributed by atoms with E-state index in [1.54, 1.807) is 13.8 Å². The topological polar surface area (TPSA) is 33.1 Å². The predicted molar refractivity (Wildman–Crippen MR) is 58.3 cm³/mol. The standard InChI is InChI=1S/C12H19NO/c1-8(2)11-6-10(12(4,5)14)9(3)7-13-11/h6-8,14H,1-5H3. The zero-order valence-electron chi connectivity index (χ0n) is 9.63. The van der Waals surface area contributed by atoms with E-state index in [1.807, 2.05) is 19.2 Å². The molecule has 0 aromatic carbocycles. The highest BCUT2D eigenvalue weighted by molar-refractivity contribution is 5.31. The Morgan fingerprint density at radius 1 is 1.36 bits per heavy atom. The van der Waals surface area contributed by atoms with Gasteiger partial charge in [0.15, 0.2) is 0 Å². The van der Waals surface area contributed by atoms with Crippen molar-refractivity contribution in [1.29, 1.82) is 0 Å². The first-order valence-corrected chi connectivity index (χ1v) is 5.01. The van der Waals surface area contributed by atoms with Gasteiger partial charge in [0.2, 0.25) is 0 Å². The average molecular weight is 193 g/mol. The Labute approximate surface area is 86.0 Å². The lowest BCUT2D eigenvalue weighted by Crippen LogP contribution is -2.18. The SMILES string of the molecule is Cc1cnc(C(C)C)cc1C(C)(C)O.